The highest BCUT2D eigenvalue weighted by atomic mass is 127. The molecule has 1 rings (SSSR count). The van der Waals surface area contributed by atoms with Crippen LogP contribution in [0.2, 0.25) is 0 Å². The minimum atomic E-state index is -0.00341. The van der Waals surface area contributed by atoms with Gasteiger partial charge in [-0.15, -0.1) is 24.0 Å². The maximum Gasteiger partial charge on any atom is 0.243 e. The number of nitrogens with one attached hydrogen (secondary N) is 2. The zero-order valence-electron chi connectivity index (χ0n) is 20.4. The Morgan fingerprint density at radius 2 is 1.74 bits per heavy atom. The molecule has 1 saturated heterocycles. The van der Waals surface area contributed by atoms with Crippen molar-refractivity contribution in [1.29, 1.82) is 0 Å². The van der Waals surface area contributed by atoms with Gasteiger partial charge >= 0.3 is 0 Å². The molecule has 9 heteroatoms. The molecule has 0 bridgehead atoms. The summed E-state index contributed by atoms with van der Waals surface area (Å²) >= 11 is 0. The minimum Gasteiger partial charge on any atom is -0.356 e. The van der Waals surface area contributed by atoms with Crippen molar-refractivity contribution >= 4 is 41.8 Å². The normalized spacial score (nSPS) is 16.0. The highest BCUT2D eigenvalue weighted by molar-refractivity contribution is 14.0. The van der Waals surface area contributed by atoms with Crippen LogP contribution in [0.25, 0.3) is 0 Å². The molecule has 1 atom stereocenters. The summed E-state index contributed by atoms with van der Waals surface area (Å²) in [5.41, 5.74) is 0. The van der Waals surface area contributed by atoms with Crippen LogP contribution in [0.1, 0.15) is 53.4 Å². The zero-order chi connectivity index (χ0) is 22.5. The highest BCUT2D eigenvalue weighted by Crippen LogP contribution is 2.12. The Hall–Kier alpha value is -1.10. The number of guanidine groups is 1. The first kappa shape index (κ1) is 29.9. The third-order valence-electron chi connectivity index (χ3n) is 5.44. The van der Waals surface area contributed by atoms with E-state index in [1.165, 1.54) is 19.3 Å². The fraction of sp³-hybridized carbons (Fsp3) is 0.864. The van der Waals surface area contributed by atoms with Crippen molar-refractivity contribution in [2.24, 2.45) is 10.9 Å². The summed E-state index contributed by atoms with van der Waals surface area (Å²) in [5, 5.41) is 6.48. The number of rotatable bonds is 11. The van der Waals surface area contributed by atoms with Crippen molar-refractivity contribution in [2.45, 2.75) is 59.4 Å². The van der Waals surface area contributed by atoms with Gasteiger partial charge in [0.05, 0.1) is 6.54 Å². The van der Waals surface area contributed by atoms with E-state index in [0.29, 0.717) is 12.5 Å². The molecule has 0 saturated carbocycles. The van der Waals surface area contributed by atoms with Gasteiger partial charge in [0.2, 0.25) is 11.8 Å². The number of amides is 2. The molecule has 0 aromatic carbocycles. The van der Waals surface area contributed by atoms with Crippen LogP contribution in [0.5, 0.6) is 0 Å². The Balaban J connectivity index is 0.00000900. The SMILES string of the molecule is CCCCC(CC)CNC(=NCC(=O)N(C)C)N1CCN(CC(=O)NC(C)C)CC1.I. The monoisotopic (exact) mass is 552 g/mol. The molecule has 1 aliphatic rings. The fourth-order valence-electron chi connectivity index (χ4n) is 3.42. The summed E-state index contributed by atoms with van der Waals surface area (Å²) in [6, 6.07) is 0.162. The van der Waals surface area contributed by atoms with Gasteiger partial charge in [0.1, 0.15) is 6.54 Å². The predicted molar refractivity (Wildman–Crippen MR) is 139 cm³/mol. The van der Waals surface area contributed by atoms with Crippen LogP contribution < -0.4 is 10.6 Å². The summed E-state index contributed by atoms with van der Waals surface area (Å²) < 4.78 is 0. The molecule has 1 heterocycles. The lowest BCUT2D eigenvalue weighted by Gasteiger charge is -2.36. The third kappa shape index (κ3) is 12.5. The van der Waals surface area contributed by atoms with Gasteiger partial charge in [-0.3, -0.25) is 14.5 Å². The average Bonchev–Trinajstić information content (AvgIpc) is 2.69. The number of unbranched alkanes of at least 4 members (excludes halogenated alkanes) is 1. The molecule has 0 spiro atoms. The first-order valence-electron chi connectivity index (χ1n) is 11.5. The molecular formula is C22H45IN6O2. The second-order valence-corrected chi connectivity index (χ2v) is 8.71. The van der Waals surface area contributed by atoms with Gasteiger partial charge in [0, 0.05) is 52.9 Å². The number of aliphatic imine (C=N–C) groups is 1. The molecule has 2 amide bonds. The van der Waals surface area contributed by atoms with Crippen LogP contribution in [0, 0.1) is 5.92 Å². The predicted octanol–water partition coefficient (Wildman–Crippen LogP) is 2.00. The van der Waals surface area contributed by atoms with Gasteiger partial charge in [-0.25, -0.2) is 4.99 Å². The van der Waals surface area contributed by atoms with E-state index >= 15 is 0 Å². The second kappa shape index (κ2) is 16.5. The van der Waals surface area contributed by atoms with Gasteiger partial charge in [0.15, 0.2) is 5.96 Å². The summed E-state index contributed by atoms with van der Waals surface area (Å²) in [4.78, 5) is 34.7. The molecule has 8 nitrogen and oxygen atoms in total. The van der Waals surface area contributed by atoms with E-state index in [9.17, 15) is 9.59 Å². The zero-order valence-corrected chi connectivity index (χ0v) is 22.8. The van der Waals surface area contributed by atoms with E-state index < -0.39 is 0 Å². The molecule has 2 N–H and O–H groups in total. The molecule has 0 aromatic rings. The van der Waals surface area contributed by atoms with Crippen molar-refractivity contribution in [1.82, 2.24) is 25.3 Å². The van der Waals surface area contributed by atoms with Crippen LogP contribution in [-0.4, -0.2) is 98.4 Å². The van der Waals surface area contributed by atoms with Crippen molar-refractivity contribution in [3.05, 3.63) is 0 Å². The maximum absolute atomic E-state index is 12.0. The maximum atomic E-state index is 12.0. The Kier molecular flexibility index (Phi) is 15.9. The molecular weight excluding hydrogens is 507 g/mol. The van der Waals surface area contributed by atoms with Crippen LogP contribution in [0.15, 0.2) is 4.99 Å². The molecule has 1 fully saturated rings. The van der Waals surface area contributed by atoms with E-state index in [4.69, 9.17) is 0 Å². The standard InChI is InChI=1S/C22H44N6O2.HI/c1-7-9-10-19(8-2)15-23-22(24-16-21(30)26(5)6)28-13-11-27(12-14-28)17-20(29)25-18(3)4;/h18-19H,7-17H2,1-6H3,(H,23,24)(H,25,29);1H. The number of likely N-dealkylation sites (N-methyl/N-ethyl adjacent to an activating group) is 1. The van der Waals surface area contributed by atoms with Crippen LogP contribution in [-0.2, 0) is 9.59 Å². The first-order valence-corrected chi connectivity index (χ1v) is 11.5. The van der Waals surface area contributed by atoms with E-state index in [0.717, 1.165) is 45.1 Å². The summed E-state index contributed by atoms with van der Waals surface area (Å²) in [6.45, 7) is 13.1. The fourth-order valence-corrected chi connectivity index (χ4v) is 3.42. The van der Waals surface area contributed by atoms with E-state index in [1.54, 1.807) is 19.0 Å². The average molecular weight is 553 g/mol. The lowest BCUT2D eigenvalue weighted by Crippen LogP contribution is -2.54. The lowest BCUT2D eigenvalue weighted by atomic mass is 9.99. The van der Waals surface area contributed by atoms with E-state index in [1.807, 2.05) is 13.8 Å². The van der Waals surface area contributed by atoms with Crippen LogP contribution >= 0.6 is 24.0 Å². The number of piperazine rings is 1. The topological polar surface area (TPSA) is 80.3 Å². The Morgan fingerprint density at radius 1 is 1.10 bits per heavy atom. The molecule has 1 aliphatic heterocycles. The van der Waals surface area contributed by atoms with Crippen LogP contribution in [0.3, 0.4) is 0 Å². The van der Waals surface area contributed by atoms with Gasteiger partial charge in [-0.05, 0) is 26.2 Å². The number of carbonyl (C=O) groups excluding carboxylic acids is 2. The summed E-state index contributed by atoms with van der Waals surface area (Å²) in [7, 11) is 3.51. The molecule has 0 aliphatic carbocycles. The first-order chi connectivity index (χ1) is 14.3. The largest absolute Gasteiger partial charge is 0.356 e. The molecule has 0 aromatic heterocycles. The molecule has 31 heavy (non-hydrogen) atoms. The van der Waals surface area contributed by atoms with E-state index in [2.05, 4.69) is 39.3 Å². The number of carbonyl (C=O) groups is 2. The number of hydrogen-bond acceptors (Lipinski definition) is 4. The second-order valence-electron chi connectivity index (χ2n) is 8.71. The van der Waals surface area contributed by atoms with Gasteiger partial charge < -0.3 is 20.4 Å². The van der Waals surface area contributed by atoms with E-state index in [-0.39, 0.29) is 48.4 Å². The Labute approximate surface area is 206 Å². The minimum absolute atomic E-state index is 0. The third-order valence-corrected chi connectivity index (χ3v) is 5.44. The van der Waals surface area contributed by atoms with Crippen molar-refractivity contribution in [2.75, 3.05) is 59.9 Å². The highest BCUT2D eigenvalue weighted by Gasteiger charge is 2.22. The van der Waals surface area contributed by atoms with Crippen molar-refractivity contribution < 1.29 is 9.59 Å². The van der Waals surface area contributed by atoms with Crippen molar-refractivity contribution in [3.63, 3.8) is 0 Å². The lowest BCUT2D eigenvalue weighted by molar-refractivity contribution is -0.127. The summed E-state index contributed by atoms with van der Waals surface area (Å²) in [6.07, 6.45) is 4.79. The Bertz CT molecular complexity index is 548. The van der Waals surface area contributed by atoms with Gasteiger partial charge in [-0.2, -0.15) is 0 Å². The number of nitrogens with zero attached hydrogens (tertiary/aromatic N) is 4. The van der Waals surface area contributed by atoms with Gasteiger partial charge in [-0.1, -0.05) is 33.1 Å². The number of hydrogen-bond donors (Lipinski definition) is 2. The molecule has 182 valence electrons. The van der Waals surface area contributed by atoms with Crippen LogP contribution in [0.4, 0.5) is 0 Å². The van der Waals surface area contributed by atoms with Gasteiger partial charge in [0.25, 0.3) is 0 Å². The molecule has 1 unspecified atom stereocenters. The molecule has 0 radical (unpaired) electrons. The quantitative estimate of drug-likeness (QED) is 0.233. The van der Waals surface area contributed by atoms with Crippen molar-refractivity contribution in [3.8, 4) is 0 Å². The summed E-state index contributed by atoms with van der Waals surface area (Å²) in [5.74, 6) is 1.49. The Morgan fingerprint density at radius 3 is 2.26 bits per heavy atom. The smallest absolute Gasteiger partial charge is 0.243 e. The number of halogens is 1.